The van der Waals surface area contributed by atoms with E-state index in [0.29, 0.717) is 30.8 Å². The fraction of sp³-hybridized carbons (Fsp3) is 0.765. The molecule has 26 heavy (non-hydrogen) atoms. The second kappa shape index (κ2) is 10.0. The number of carbonyl (C=O) groups excluding carboxylic acids is 2. The van der Waals surface area contributed by atoms with Crippen molar-refractivity contribution in [1.82, 2.24) is 0 Å². The van der Waals surface area contributed by atoms with Gasteiger partial charge in [0.1, 0.15) is 0 Å². The van der Waals surface area contributed by atoms with Crippen LogP contribution in [0.15, 0.2) is 11.6 Å². The standard InChI is InChI=1S/C9H12N2O2.C8H17FO3S/c10-7(12)6-3-5-1-2-9(6,4-5)8(11)13;1-2-3-4-5-6-7-8-13(10,11)12-9/h3,5H,1-2,4H2,(H2,10,12)(H2,11,13);2-8H2,1H3. The summed E-state index contributed by atoms with van der Waals surface area (Å²) in [5.74, 6) is -0.788. The molecule has 0 aromatic rings. The number of fused-ring (bicyclic) bond motifs is 2. The van der Waals surface area contributed by atoms with Gasteiger partial charge in [-0.3, -0.25) is 9.59 Å². The van der Waals surface area contributed by atoms with E-state index in [4.69, 9.17) is 11.5 Å². The van der Waals surface area contributed by atoms with Gasteiger partial charge in [-0.05, 0) is 36.1 Å². The molecule has 1 fully saturated rings. The smallest absolute Gasteiger partial charge is 0.297 e. The van der Waals surface area contributed by atoms with Gasteiger partial charge in [-0.15, -0.1) is 0 Å². The zero-order chi connectivity index (χ0) is 19.8. The van der Waals surface area contributed by atoms with E-state index in [1.165, 1.54) is 6.42 Å². The molecule has 2 aliphatic carbocycles. The molecule has 1 saturated carbocycles. The summed E-state index contributed by atoms with van der Waals surface area (Å²) in [7, 11) is -3.88. The predicted molar refractivity (Wildman–Crippen MR) is 95.6 cm³/mol. The molecule has 0 heterocycles. The Morgan fingerprint density at radius 2 is 1.85 bits per heavy atom. The van der Waals surface area contributed by atoms with Crippen LogP contribution in [0.2, 0.25) is 0 Å². The average molecular weight is 392 g/mol. The van der Waals surface area contributed by atoms with Crippen LogP contribution in [-0.4, -0.2) is 26.0 Å². The van der Waals surface area contributed by atoms with Gasteiger partial charge in [-0.1, -0.05) is 49.5 Å². The Bertz CT molecular complexity index is 635. The highest BCUT2D eigenvalue weighted by Gasteiger charge is 2.52. The number of allylic oxidation sites excluding steroid dienone is 1. The quantitative estimate of drug-likeness (QED) is 0.551. The third-order valence-electron chi connectivity index (χ3n) is 5.05. The minimum Gasteiger partial charge on any atom is -0.369 e. The van der Waals surface area contributed by atoms with E-state index in [1.54, 1.807) is 0 Å². The van der Waals surface area contributed by atoms with Gasteiger partial charge in [0.25, 0.3) is 10.1 Å². The molecule has 9 heteroatoms. The fourth-order valence-corrected chi connectivity index (χ4v) is 4.25. The third kappa shape index (κ3) is 6.05. The van der Waals surface area contributed by atoms with Crippen LogP contribution in [-0.2, 0) is 24.1 Å². The van der Waals surface area contributed by atoms with E-state index < -0.39 is 27.3 Å². The van der Waals surface area contributed by atoms with Gasteiger partial charge in [0.2, 0.25) is 11.8 Å². The Morgan fingerprint density at radius 3 is 2.31 bits per heavy atom. The predicted octanol–water partition coefficient (Wildman–Crippen LogP) is 2.26. The first kappa shape index (κ1) is 22.6. The summed E-state index contributed by atoms with van der Waals surface area (Å²) in [6.45, 7) is 2.11. The van der Waals surface area contributed by atoms with Gasteiger partial charge in [0.15, 0.2) is 0 Å². The van der Waals surface area contributed by atoms with Gasteiger partial charge >= 0.3 is 0 Å². The number of halogens is 1. The first-order chi connectivity index (χ1) is 12.2. The molecule has 2 unspecified atom stereocenters. The normalized spacial score (nSPS) is 23.9. The van der Waals surface area contributed by atoms with Crippen LogP contribution in [0.3, 0.4) is 0 Å². The number of hydrogen-bond donors (Lipinski definition) is 2. The lowest BCUT2D eigenvalue weighted by Crippen LogP contribution is -2.39. The molecule has 0 aromatic heterocycles. The highest BCUT2D eigenvalue weighted by Crippen LogP contribution is 2.53. The summed E-state index contributed by atoms with van der Waals surface area (Å²) in [5, 5.41) is 0. The number of rotatable bonds is 10. The monoisotopic (exact) mass is 392 g/mol. The Hall–Kier alpha value is -1.48. The van der Waals surface area contributed by atoms with Crippen LogP contribution in [0, 0.1) is 11.3 Å². The van der Waals surface area contributed by atoms with Crippen molar-refractivity contribution >= 4 is 21.9 Å². The number of hydrogen-bond acceptors (Lipinski definition) is 5. The molecule has 0 aromatic carbocycles. The molecule has 2 atom stereocenters. The second-order valence-electron chi connectivity index (χ2n) is 6.99. The topological polar surface area (TPSA) is 130 Å². The van der Waals surface area contributed by atoms with E-state index in [0.717, 1.165) is 32.1 Å². The van der Waals surface area contributed by atoms with Crippen molar-refractivity contribution < 1.29 is 26.9 Å². The first-order valence-corrected chi connectivity index (χ1v) is 10.6. The zero-order valence-electron chi connectivity index (χ0n) is 15.2. The molecule has 4 N–H and O–H groups in total. The molecular weight excluding hydrogens is 363 g/mol. The highest BCUT2D eigenvalue weighted by atomic mass is 32.2. The van der Waals surface area contributed by atoms with Crippen LogP contribution in [0.4, 0.5) is 4.53 Å². The van der Waals surface area contributed by atoms with E-state index in [1.807, 2.05) is 6.08 Å². The maximum atomic E-state index is 11.3. The van der Waals surface area contributed by atoms with Crippen LogP contribution in [0.25, 0.3) is 0 Å². The van der Waals surface area contributed by atoms with Gasteiger partial charge in [-0.2, -0.15) is 8.42 Å². The largest absolute Gasteiger partial charge is 0.369 e. The molecule has 2 rings (SSSR count). The molecule has 0 radical (unpaired) electrons. The molecule has 0 aliphatic heterocycles. The van der Waals surface area contributed by atoms with Gasteiger partial charge in [-0.25, -0.2) is 0 Å². The van der Waals surface area contributed by atoms with E-state index in [2.05, 4.69) is 11.3 Å². The van der Waals surface area contributed by atoms with Crippen molar-refractivity contribution in [3.05, 3.63) is 11.6 Å². The number of unbranched alkanes of at least 4 members (excludes halogenated alkanes) is 5. The first-order valence-electron chi connectivity index (χ1n) is 9.03. The number of amides is 2. The number of nitrogens with two attached hydrogens (primary N) is 2. The van der Waals surface area contributed by atoms with Crippen molar-refractivity contribution in [2.45, 2.75) is 64.7 Å². The van der Waals surface area contributed by atoms with E-state index in [9.17, 15) is 22.5 Å². The summed E-state index contributed by atoms with van der Waals surface area (Å²) in [4.78, 5) is 22.3. The third-order valence-corrected chi connectivity index (χ3v) is 6.03. The van der Waals surface area contributed by atoms with Crippen LogP contribution < -0.4 is 11.5 Å². The van der Waals surface area contributed by atoms with Crippen LogP contribution >= 0.6 is 0 Å². The lowest BCUT2D eigenvalue weighted by Gasteiger charge is -2.24. The summed E-state index contributed by atoms with van der Waals surface area (Å²) >= 11 is 0. The fourth-order valence-electron chi connectivity index (χ4n) is 3.63. The number of primary amides is 2. The highest BCUT2D eigenvalue weighted by molar-refractivity contribution is 7.86. The summed E-state index contributed by atoms with van der Waals surface area (Å²) in [5.41, 5.74) is 10.2. The van der Waals surface area contributed by atoms with E-state index >= 15 is 0 Å². The van der Waals surface area contributed by atoms with Crippen molar-refractivity contribution in [3.63, 3.8) is 0 Å². The van der Waals surface area contributed by atoms with Crippen LogP contribution in [0.1, 0.15) is 64.7 Å². The lowest BCUT2D eigenvalue weighted by atomic mass is 9.79. The molecule has 150 valence electrons. The molecular formula is C17H29FN2O5S. The van der Waals surface area contributed by atoms with Crippen LogP contribution in [0.5, 0.6) is 0 Å². The minimum absolute atomic E-state index is 0.213. The molecule has 0 spiro atoms. The van der Waals surface area contributed by atoms with Crippen molar-refractivity contribution in [2.75, 3.05) is 5.75 Å². The summed E-state index contributed by atoms with van der Waals surface area (Å²) in [6.07, 6.45) is 9.89. The minimum atomic E-state index is -3.88. The Balaban J connectivity index is 0.000000260. The summed E-state index contributed by atoms with van der Waals surface area (Å²) < 4.78 is 35.1. The van der Waals surface area contributed by atoms with Gasteiger partial charge in [0, 0.05) is 5.57 Å². The van der Waals surface area contributed by atoms with Crippen molar-refractivity contribution in [2.24, 2.45) is 22.8 Å². The molecule has 2 aliphatic rings. The number of carbonyl (C=O) groups is 2. The Kier molecular flexibility index (Phi) is 8.69. The maximum Gasteiger partial charge on any atom is 0.297 e. The molecule has 0 saturated heterocycles. The molecule has 2 bridgehead atoms. The Morgan fingerprint density at radius 1 is 1.23 bits per heavy atom. The molecule has 7 nitrogen and oxygen atoms in total. The molecule has 2 amide bonds. The van der Waals surface area contributed by atoms with Crippen molar-refractivity contribution in [3.8, 4) is 0 Å². The Labute approximate surface area is 154 Å². The van der Waals surface area contributed by atoms with E-state index in [-0.39, 0.29) is 5.75 Å². The second-order valence-corrected chi connectivity index (χ2v) is 8.64. The average Bonchev–Trinajstić information content (AvgIpc) is 3.18. The van der Waals surface area contributed by atoms with Gasteiger partial charge < -0.3 is 11.5 Å². The SMILES string of the molecule is CCCCCCCCS(=O)(=O)OF.NC(=O)C1=CC2CCC1(C(N)=O)C2. The summed E-state index contributed by atoms with van der Waals surface area (Å²) in [6, 6.07) is 0. The maximum absolute atomic E-state index is 11.3. The van der Waals surface area contributed by atoms with Crippen molar-refractivity contribution in [1.29, 1.82) is 0 Å². The zero-order valence-corrected chi connectivity index (χ0v) is 16.0. The van der Waals surface area contributed by atoms with Gasteiger partial charge in [0.05, 0.1) is 11.2 Å². The lowest BCUT2D eigenvalue weighted by molar-refractivity contribution is -0.128.